The molecule has 0 aliphatic heterocycles. The Kier molecular flexibility index (Phi) is 17.4. The highest BCUT2D eigenvalue weighted by atomic mass is 32.2. The molecule has 2 aromatic heterocycles. The van der Waals surface area contributed by atoms with E-state index in [1.807, 2.05) is 50.2 Å². The Labute approximate surface area is 407 Å². The standard InChI is InChI=1S/C52H60N8O7S2/c1-6-8-9-10-11-12-13-14-15-19-28-65-45-26-22-34(3)29-40(45)48(50-55-42-30-35(4)23-27-46(42)66-50)67-49-43(54-47(61)7-2)31-37(32-44(49)56-52(62)53-5)57-58-51-39-33-38(24-25-41(39)59-68-51)69(63,64)60-36-20-17-16-18-21-36/h16-18,20-27,29-33,48,60H,6-15,19,28H2,1-5H3,(H,54,61)(H2,53,56,62). The molecule has 4 N–H and O–H groups in total. The van der Waals surface area contributed by atoms with Crippen LogP contribution in [0, 0.1) is 13.8 Å². The molecule has 0 spiro atoms. The van der Waals surface area contributed by atoms with Gasteiger partial charge in [0.15, 0.2) is 16.3 Å². The van der Waals surface area contributed by atoms with E-state index in [4.69, 9.17) is 18.9 Å². The summed E-state index contributed by atoms with van der Waals surface area (Å²) in [5.74, 6) is 0.559. The summed E-state index contributed by atoms with van der Waals surface area (Å²) >= 11 is 1.04. The van der Waals surface area contributed by atoms with Crippen LogP contribution < -0.4 is 30.1 Å². The van der Waals surface area contributed by atoms with E-state index in [1.54, 1.807) is 55.5 Å². The van der Waals surface area contributed by atoms with E-state index in [0.29, 0.717) is 50.6 Å². The molecule has 0 aliphatic rings. The number of aromatic nitrogens is 2. The van der Waals surface area contributed by atoms with Gasteiger partial charge in [-0.2, -0.15) is 4.37 Å². The predicted molar refractivity (Wildman–Crippen MR) is 274 cm³/mol. The SMILES string of the molecule is CCCCCCCCCCCCOc1ccc(C)cc1C(Oc1c(NC(=O)CC)cc(N=Nc2snc3ccc(S(=O)(=O)Nc4ccccc4)cc23)cc1NC(=O)NC)c1nc2cc(C)ccc2o1. The Morgan fingerprint density at radius 2 is 1.46 bits per heavy atom. The van der Waals surface area contributed by atoms with Crippen LogP contribution in [0.5, 0.6) is 11.5 Å². The van der Waals surface area contributed by atoms with Crippen LogP contribution >= 0.6 is 11.5 Å². The maximum atomic E-state index is 13.4. The molecule has 69 heavy (non-hydrogen) atoms. The van der Waals surface area contributed by atoms with Gasteiger partial charge in [-0.3, -0.25) is 9.52 Å². The molecular formula is C52H60N8O7S2. The highest BCUT2D eigenvalue weighted by molar-refractivity contribution is 7.92. The van der Waals surface area contributed by atoms with Crippen molar-refractivity contribution in [2.75, 3.05) is 29.0 Å². The van der Waals surface area contributed by atoms with Gasteiger partial charge in [-0.25, -0.2) is 18.2 Å². The smallest absolute Gasteiger partial charge is 0.319 e. The molecule has 0 saturated carbocycles. The van der Waals surface area contributed by atoms with Gasteiger partial charge in [0.05, 0.1) is 34.1 Å². The number of oxazole rings is 1. The largest absolute Gasteiger partial charge is 0.493 e. The highest BCUT2D eigenvalue weighted by Gasteiger charge is 2.30. The predicted octanol–water partition coefficient (Wildman–Crippen LogP) is 13.8. The first-order valence-electron chi connectivity index (χ1n) is 23.6. The quantitative estimate of drug-likeness (QED) is 0.0336. The molecule has 0 fully saturated rings. The van der Waals surface area contributed by atoms with Gasteiger partial charge in [0.1, 0.15) is 11.3 Å². The number of azo groups is 1. The van der Waals surface area contributed by atoms with Crippen LogP contribution in [0.2, 0.25) is 0 Å². The van der Waals surface area contributed by atoms with Crippen LogP contribution in [-0.4, -0.2) is 43.4 Å². The molecule has 0 radical (unpaired) electrons. The van der Waals surface area contributed by atoms with Gasteiger partial charge < -0.3 is 29.8 Å². The zero-order chi connectivity index (χ0) is 48.8. The number of ether oxygens (including phenoxy) is 2. The van der Waals surface area contributed by atoms with E-state index in [0.717, 1.165) is 41.9 Å². The number of benzene rings is 5. The van der Waals surface area contributed by atoms with Crippen molar-refractivity contribution in [1.82, 2.24) is 14.7 Å². The van der Waals surface area contributed by atoms with Gasteiger partial charge in [0, 0.05) is 30.1 Å². The summed E-state index contributed by atoms with van der Waals surface area (Å²) in [7, 11) is -2.48. The number of nitrogens with zero attached hydrogens (tertiary/aromatic N) is 4. The van der Waals surface area contributed by atoms with Gasteiger partial charge in [-0.1, -0.05) is 108 Å². The van der Waals surface area contributed by atoms with Crippen LogP contribution in [0.1, 0.15) is 113 Å². The van der Waals surface area contributed by atoms with E-state index in [2.05, 4.69) is 42.2 Å². The first-order chi connectivity index (χ1) is 33.4. The number of sulfonamides is 1. The monoisotopic (exact) mass is 972 g/mol. The Balaban J connectivity index is 1.24. The molecule has 17 heteroatoms. The average Bonchev–Trinajstić information content (AvgIpc) is 3.96. The number of aryl methyl sites for hydroxylation is 2. The molecule has 5 aromatic carbocycles. The minimum atomic E-state index is -3.95. The Hall–Kier alpha value is -6.85. The van der Waals surface area contributed by atoms with Gasteiger partial charge in [-0.15, -0.1) is 10.2 Å². The molecule has 0 aliphatic carbocycles. The molecule has 1 unspecified atom stereocenters. The van der Waals surface area contributed by atoms with Crippen molar-refractivity contribution in [3.63, 3.8) is 0 Å². The van der Waals surface area contributed by atoms with Crippen molar-refractivity contribution in [3.05, 3.63) is 120 Å². The zero-order valence-electron chi connectivity index (χ0n) is 39.8. The third kappa shape index (κ3) is 13.4. The molecule has 7 rings (SSSR count). The number of hydrogen-bond acceptors (Lipinski definition) is 12. The molecule has 0 saturated heterocycles. The van der Waals surface area contributed by atoms with Crippen molar-refractivity contribution in [3.8, 4) is 11.5 Å². The van der Waals surface area contributed by atoms with Crippen LogP contribution in [0.15, 0.2) is 117 Å². The van der Waals surface area contributed by atoms with Gasteiger partial charge in [0.2, 0.25) is 17.9 Å². The second kappa shape index (κ2) is 23.9. The first-order valence-corrected chi connectivity index (χ1v) is 25.8. The third-order valence-electron chi connectivity index (χ3n) is 11.4. The molecule has 0 bridgehead atoms. The number of fused-ring (bicyclic) bond motifs is 2. The van der Waals surface area contributed by atoms with Crippen molar-refractivity contribution >= 4 is 83.2 Å². The Bertz CT molecular complexity index is 2970. The number of rotatable bonds is 24. The molecule has 3 amide bonds. The number of hydrogen-bond donors (Lipinski definition) is 4. The first kappa shape index (κ1) is 50.0. The van der Waals surface area contributed by atoms with E-state index in [9.17, 15) is 18.0 Å². The minimum absolute atomic E-state index is 0.0169. The maximum absolute atomic E-state index is 13.4. The van der Waals surface area contributed by atoms with E-state index < -0.39 is 22.2 Å². The van der Waals surface area contributed by atoms with Gasteiger partial charge in [-0.05, 0) is 104 Å². The van der Waals surface area contributed by atoms with Gasteiger partial charge >= 0.3 is 6.03 Å². The van der Waals surface area contributed by atoms with E-state index in [1.165, 1.54) is 64.1 Å². The van der Waals surface area contributed by atoms with Crippen molar-refractivity contribution in [2.24, 2.45) is 10.2 Å². The second-order valence-corrected chi connectivity index (χ2v) is 19.3. The highest BCUT2D eigenvalue weighted by Crippen LogP contribution is 2.45. The fraction of sp³-hybridized carbons (Fsp3) is 0.346. The summed E-state index contributed by atoms with van der Waals surface area (Å²) in [5, 5.41) is 18.2. The summed E-state index contributed by atoms with van der Waals surface area (Å²) in [6, 6.07) is 27.3. The topological polar surface area (TPSA) is 198 Å². The molecule has 7 aromatic rings. The number of urea groups is 1. The Morgan fingerprint density at radius 1 is 0.768 bits per heavy atom. The van der Waals surface area contributed by atoms with Crippen LogP contribution in [0.3, 0.4) is 0 Å². The third-order valence-corrected chi connectivity index (χ3v) is 13.5. The minimum Gasteiger partial charge on any atom is -0.493 e. The number of amides is 3. The number of anilines is 3. The lowest BCUT2D eigenvalue weighted by Crippen LogP contribution is -2.25. The van der Waals surface area contributed by atoms with E-state index in [-0.39, 0.29) is 45.9 Å². The lowest BCUT2D eigenvalue weighted by atomic mass is 10.0. The lowest BCUT2D eigenvalue weighted by molar-refractivity contribution is -0.115. The summed E-state index contributed by atoms with van der Waals surface area (Å²) < 4.78 is 53.8. The average molecular weight is 973 g/mol. The number of para-hydroxylation sites is 1. The molecule has 15 nitrogen and oxygen atoms in total. The van der Waals surface area contributed by atoms with Crippen molar-refractivity contribution in [1.29, 1.82) is 0 Å². The maximum Gasteiger partial charge on any atom is 0.319 e. The lowest BCUT2D eigenvalue weighted by Gasteiger charge is -2.24. The number of unbranched alkanes of at least 4 members (excludes halogenated alkanes) is 9. The van der Waals surface area contributed by atoms with Gasteiger partial charge in [0.25, 0.3) is 10.0 Å². The van der Waals surface area contributed by atoms with Crippen LogP contribution in [0.4, 0.5) is 32.5 Å². The fourth-order valence-electron chi connectivity index (χ4n) is 7.69. The molecular weight excluding hydrogens is 913 g/mol. The Morgan fingerprint density at radius 3 is 2.19 bits per heavy atom. The van der Waals surface area contributed by atoms with Crippen LogP contribution in [0.25, 0.3) is 22.0 Å². The van der Waals surface area contributed by atoms with Crippen molar-refractivity contribution < 1.29 is 31.9 Å². The summed E-state index contributed by atoms with van der Waals surface area (Å²) in [6.45, 7) is 8.40. The zero-order valence-corrected chi connectivity index (χ0v) is 41.4. The summed E-state index contributed by atoms with van der Waals surface area (Å²) in [5.41, 5.74) is 5.23. The summed E-state index contributed by atoms with van der Waals surface area (Å²) in [4.78, 5) is 31.4. The normalized spacial score (nSPS) is 12.1. The summed E-state index contributed by atoms with van der Waals surface area (Å²) in [6.07, 6.45) is 11.1. The van der Waals surface area contributed by atoms with Crippen molar-refractivity contribution in [2.45, 2.75) is 109 Å². The number of carbonyl (C=O) groups excluding carboxylic acids is 2. The number of nitrogens with one attached hydrogen (secondary N) is 4. The fourth-order valence-corrected chi connectivity index (χ4v) is 9.45. The number of carbonyl (C=O) groups is 2. The molecule has 362 valence electrons. The molecule has 1 atom stereocenters. The molecule has 2 heterocycles. The second-order valence-electron chi connectivity index (χ2n) is 16.9. The van der Waals surface area contributed by atoms with E-state index >= 15 is 0 Å². The van der Waals surface area contributed by atoms with Crippen LogP contribution in [-0.2, 0) is 14.8 Å².